The number of alkyl halides is 2. The Labute approximate surface area is 114 Å². The van der Waals surface area contributed by atoms with Crippen molar-refractivity contribution in [1.82, 2.24) is 10.1 Å². The molecule has 1 atom stereocenters. The average Bonchev–Trinajstić information content (AvgIpc) is 2.81. The van der Waals surface area contributed by atoms with Crippen molar-refractivity contribution in [3.8, 4) is 0 Å². The molecule has 0 spiro atoms. The standard InChI is InChI=1S/C14H15F3N2O/c15-10-3-4-11-12(18-20-13(11)6-10)8-19-5-1-2-9(7-19)14(16)17/h3-4,6,9,14H,1-2,5,7-8H2. The lowest BCUT2D eigenvalue weighted by molar-refractivity contribution is 0.0249. The average molecular weight is 284 g/mol. The van der Waals surface area contributed by atoms with Gasteiger partial charge in [0.25, 0.3) is 0 Å². The second-order valence-electron chi connectivity index (χ2n) is 5.24. The van der Waals surface area contributed by atoms with Gasteiger partial charge in [-0.25, -0.2) is 13.2 Å². The largest absolute Gasteiger partial charge is 0.356 e. The van der Waals surface area contributed by atoms with Crippen molar-refractivity contribution in [3.63, 3.8) is 0 Å². The zero-order valence-corrected chi connectivity index (χ0v) is 10.9. The van der Waals surface area contributed by atoms with Gasteiger partial charge in [-0.1, -0.05) is 5.16 Å². The fraction of sp³-hybridized carbons (Fsp3) is 0.500. The molecule has 2 aromatic rings. The van der Waals surface area contributed by atoms with E-state index in [-0.39, 0.29) is 5.82 Å². The third-order valence-electron chi connectivity index (χ3n) is 3.78. The molecule has 0 amide bonds. The number of aromatic nitrogens is 1. The van der Waals surface area contributed by atoms with Crippen LogP contribution in [-0.2, 0) is 6.54 Å². The molecule has 1 saturated heterocycles. The van der Waals surface area contributed by atoms with Crippen LogP contribution in [0.1, 0.15) is 18.5 Å². The predicted octanol–water partition coefficient (Wildman–Crippen LogP) is 3.44. The van der Waals surface area contributed by atoms with Crippen LogP contribution in [-0.4, -0.2) is 29.6 Å². The lowest BCUT2D eigenvalue weighted by Crippen LogP contribution is -2.37. The van der Waals surface area contributed by atoms with Gasteiger partial charge in [-0.05, 0) is 31.5 Å². The van der Waals surface area contributed by atoms with Crippen LogP contribution in [0.3, 0.4) is 0 Å². The fourth-order valence-corrected chi connectivity index (χ4v) is 2.73. The monoisotopic (exact) mass is 284 g/mol. The van der Waals surface area contributed by atoms with Crippen LogP contribution < -0.4 is 0 Å². The summed E-state index contributed by atoms with van der Waals surface area (Å²) >= 11 is 0. The minimum absolute atomic E-state index is 0.368. The molecule has 1 unspecified atom stereocenters. The normalized spacial score (nSPS) is 20.9. The number of hydrogen-bond donors (Lipinski definition) is 0. The van der Waals surface area contributed by atoms with Crippen molar-refractivity contribution >= 4 is 11.0 Å². The number of benzene rings is 1. The highest BCUT2D eigenvalue weighted by atomic mass is 19.3. The number of hydrogen-bond acceptors (Lipinski definition) is 3. The molecule has 2 heterocycles. The highest BCUT2D eigenvalue weighted by molar-refractivity contribution is 5.79. The summed E-state index contributed by atoms with van der Waals surface area (Å²) in [6, 6.07) is 4.25. The summed E-state index contributed by atoms with van der Waals surface area (Å²) in [5.41, 5.74) is 1.07. The van der Waals surface area contributed by atoms with E-state index in [0.29, 0.717) is 30.8 Å². The van der Waals surface area contributed by atoms with E-state index >= 15 is 0 Å². The molecule has 108 valence electrons. The molecular weight excluding hydrogens is 269 g/mol. The van der Waals surface area contributed by atoms with Crippen LogP contribution in [0, 0.1) is 11.7 Å². The molecule has 3 nitrogen and oxygen atoms in total. The van der Waals surface area contributed by atoms with Gasteiger partial charge in [0, 0.05) is 30.5 Å². The van der Waals surface area contributed by atoms with Crippen LogP contribution in [0.2, 0.25) is 0 Å². The van der Waals surface area contributed by atoms with Crippen LogP contribution in [0.15, 0.2) is 22.7 Å². The van der Waals surface area contributed by atoms with Crippen molar-refractivity contribution in [1.29, 1.82) is 0 Å². The molecular formula is C14H15F3N2O. The minimum atomic E-state index is -2.28. The minimum Gasteiger partial charge on any atom is -0.356 e. The summed E-state index contributed by atoms with van der Waals surface area (Å²) in [5.74, 6) is -0.949. The van der Waals surface area contributed by atoms with E-state index in [9.17, 15) is 13.2 Å². The molecule has 6 heteroatoms. The lowest BCUT2D eigenvalue weighted by atomic mass is 9.98. The molecule has 0 radical (unpaired) electrons. The van der Waals surface area contributed by atoms with E-state index in [2.05, 4.69) is 5.16 Å². The summed E-state index contributed by atoms with van der Waals surface area (Å²) in [4.78, 5) is 1.96. The van der Waals surface area contributed by atoms with Gasteiger partial charge in [0.05, 0.1) is 0 Å². The smallest absolute Gasteiger partial charge is 0.242 e. The first-order valence-electron chi connectivity index (χ1n) is 6.68. The van der Waals surface area contributed by atoms with Gasteiger partial charge in [-0.15, -0.1) is 0 Å². The third kappa shape index (κ3) is 2.65. The molecule has 20 heavy (non-hydrogen) atoms. The third-order valence-corrected chi connectivity index (χ3v) is 3.78. The van der Waals surface area contributed by atoms with Crippen LogP contribution in [0.25, 0.3) is 11.0 Å². The maximum atomic E-state index is 13.1. The first kappa shape index (κ1) is 13.4. The van der Waals surface area contributed by atoms with Gasteiger partial charge < -0.3 is 4.52 Å². The second-order valence-corrected chi connectivity index (χ2v) is 5.24. The summed E-state index contributed by atoms with van der Waals surface area (Å²) in [6.07, 6.45) is -0.945. The van der Waals surface area contributed by atoms with E-state index < -0.39 is 12.3 Å². The van der Waals surface area contributed by atoms with E-state index in [1.54, 1.807) is 6.07 Å². The molecule has 1 aromatic heterocycles. The van der Waals surface area contributed by atoms with Crippen molar-refractivity contribution in [2.75, 3.05) is 13.1 Å². The van der Waals surface area contributed by atoms with Gasteiger partial charge in [-0.3, -0.25) is 4.90 Å². The Morgan fingerprint density at radius 1 is 1.40 bits per heavy atom. The molecule has 0 bridgehead atoms. The molecule has 1 fully saturated rings. The lowest BCUT2D eigenvalue weighted by Gasteiger charge is -2.31. The van der Waals surface area contributed by atoms with E-state index in [1.807, 2.05) is 4.90 Å². The Kier molecular flexibility index (Phi) is 3.65. The van der Waals surface area contributed by atoms with Crippen LogP contribution >= 0.6 is 0 Å². The van der Waals surface area contributed by atoms with Crippen molar-refractivity contribution in [3.05, 3.63) is 29.7 Å². The maximum absolute atomic E-state index is 13.1. The number of halogens is 3. The molecule has 1 aromatic carbocycles. The molecule has 1 aliphatic heterocycles. The van der Waals surface area contributed by atoms with Gasteiger partial charge in [0.15, 0.2) is 5.58 Å². The van der Waals surface area contributed by atoms with Crippen molar-refractivity contribution < 1.29 is 17.7 Å². The van der Waals surface area contributed by atoms with Gasteiger partial charge in [-0.2, -0.15) is 0 Å². The van der Waals surface area contributed by atoms with Crippen LogP contribution in [0.4, 0.5) is 13.2 Å². The zero-order valence-electron chi connectivity index (χ0n) is 10.9. The summed E-state index contributed by atoms with van der Waals surface area (Å²) < 4.78 is 43.7. The van der Waals surface area contributed by atoms with Gasteiger partial charge >= 0.3 is 0 Å². The number of piperidine rings is 1. The van der Waals surface area contributed by atoms with E-state index in [4.69, 9.17) is 4.52 Å². The number of fused-ring (bicyclic) bond motifs is 1. The van der Waals surface area contributed by atoms with Crippen molar-refractivity contribution in [2.24, 2.45) is 5.92 Å². The van der Waals surface area contributed by atoms with E-state index in [1.165, 1.54) is 12.1 Å². The fourth-order valence-electron chi connectivity index (χ4n) is 2.73. The van der Waals surface area contributed by atoms with Gasteiger partial charge in [0.2, 0.25) is 6.43 Å². The first-order chi connectivity index (χ1) is 9.63. The summed E-state index contributed by atoms with van der Waals surface area (Å²) in [5, 5.41) is 4.67. The Morgan fingerprint density at radius 2 is 2.25 bits per heavy atom. The molecule has 0 N–H and O–H groups in total. The maximum Gasteiger partial charge on any atom is 0.242 e. The summed E-state index contributed by atoms with van der Waals surface area (Å²) in [6.45, 7) is 1.60. The topological polar surface area (TPSA) is 29.3 Å². The predicted molar refractivity (Wildman–Crippen MR) is 68.0 cm³/mol. The van der Waals surface area contributed by atoms with E-state index in [0.717, 1.165) is 18.4 Å². The second kappa shape index (κ2) is 5.44. The number of rotatable bonds is 3. The quantitative estimate of drug-likeness (QED) is 0.864. The Balaban J connectivity index is 1.76. The number of nitrogens with zero attached hydrogens (tertiary/aromatic N) is 2. The van der Waals surface area contributed by atoms with Gasteiger partial charge in [0.1, 0.15) is 11.5 Å². The van der Waals surface area contributed by atoms with Crippen LogP contribution in [0.5, 0.6) is 0 Å². The summed E-state index contributed by atoms with van der Waals surface area (Å²) in [7, 11) is 0. The van der Waals surface area contributed by atoms with Crippen molar-refractivity contribution in [2.45, 2.75) is 25.8 Å². The molecule has 3 rings (SSSR count). The first-order valence-corrected chi connectivity index (χ1v) is 6.68. The number of likely N-dealkylation sites (tertiary alicyclic amines) is 1. The molecule has 0 aliphatic carbocycles. The Morgan fingerprint density at radius 3 is 3.05 bits per heavy atom. The molecule has 1 aliphatic rings. The SMILES string of the molecule is Fc1ccc2c(CN3CCCC(C(F)F)C3)noc2c1. The molecule has 0 saturated carbocycles. The highest BCUT2D eigenvalue weighted by Crippen LogP contribution is 2.26. The Bertz CT molecular complexity index is 599. The highest BCUT2D eigenvalue weighted by Gasteiger charge is 2.27. The zero-order chi connectivity index (χ0) is 14.1. The Hall–Kier alpha value is -1.56.